The molecule has 0 aliphatic rings. The third kappa shape index (κ3) is 7.46. The monoisotopic (exact) mass is 696 g/mol. The zero-order chi connectivity index (χ0) is 37.0. The molecule has 0 atom stereocenters. The third-order valence-corrected chi connectivity index (χ3v) is 10.1. The summed E-state index contributed by atoms with van der Waals surface area (Å²) in [6, 6.07) is 70.5. The van der Waals surface area contributed by atoms with Gasteiger partial charge in [-0.1, -0.05) is 144 Å². The highest BCUT2D eigenvalue weighted by Gasteiger charge is 2.15. The van der Waals surface area contributed by atoms with E-state index >= 15 is 0 Å². The number of anilines is 6. The molecule has 54 heavy (non-hydrogen) atoms. The minimum Gasteiger partial charge on any atom is -0.310 e. The Morgan fingerprint density at radius 1 is 0.222 bits per heavy atom. The van der Waals surface area contributed by atoms with Crippen molar-refractivity contribution in [3.05, 3.63) is 216 Å². The van der Waals surface area contributed by atoms with Crippen LogP contribution in [0.5, 0.6) is 0 Å². The molecule has 0 heterocycles. The maximum absolute atomic E-state index is 2.33. The fraction of sp³-hybridized carbons (Fsp3) is 0.0769. The van der Waals surface area contributed by atoms with E-state index in [0.29, 0.717) is 0 Å². The quantitative estimate of drug-likeness (QED) is 0.148. The van der Waals surface area contributed by atoms with Crippen LogP contribution >= 0.6 is 0 Å². The van der Waals surface area contributed by atoms with E-state index in [9.17, 15) is 0 Å². The molecule has 262 valence electrons. The van der Waals surface area contributed by atoms with Crippen LogP contribution in [0.3, 0.4) is 0 Å². The maximum atomic E-state index is 2.33. The number of rotatable bonds is 9. The van der Waals surface area contributed by atoms with Gasteiger partial charge in [-0.25, -0.2) is 0 Å². The largest absolute Gasteiger partial charge is 0.310 e. The second-order valence-electron chi connectivity index (χ2n) is 14.3. The van der Waals surface area contributed by atoms with Crippen LogP contribution in [0.15, 0.2) is 194 Å². The van der Waals surface area contributed by atoms with Crippen LogP contribution in [0.2, 0.25) is 0 Å². The predicted octanol–water partition coefficient (Wildman–Crippen LogP) is 14.9. The van der Waals surface area contributed by atoms with Crippen molar-refractivity contribution in [2.45, 2.75) is 27.7 Å². The van der Waals surface area contributed by atoms with E-state index in [1.807, 2.05) is 0 Å². The van der Waals surface area contributed by atoms with Crippen LogP contribution < -0.4 is 9.80 Å². The van der Waals surface area contributed by atoms with Gasteiger partial charge in [0.1, 0.15) is 0 Å². The van der Waals surface area contributed by atoms with E-state index < -0.39 is 0 Å². The average molecular weight is 697 g/mol. The average Bonchev–Trinajstić information content (AvgIpc) is 3.21. The van der Waals surface area contributed by atoms with Gasteiger partial charge < -0.3 is 9.80 Å². The lowest BCUT2D eigenvalue weighted by molar-refractivity contribution is 1.27. The van der Waals surface area contributed by atoms with Gasteiger partial charge in [0.15, 0.2) is 0 Å². The summed E-state index contributed by atoms with van der Waals surface area (Å²) in [4.78, 5) is 4.66. The van der Waals surface area contributed by atoms with Crippen LogP contribution in [0.1, 0.15) is 22.3 Å². The van der Waals surface area contributed by atoms with Crippen LogP contribution in [0.25, 0.3) is 33.4 Å². The molecule has 2 heteroatoms. The van der Waals surface area contributed by atoms with Gasteiger partial charge in [0.25, 0.3) is 0 Å². The summed E-state index contributed by atoms with van der Waals surface area (Å²) >= 11 is 0. The fourth-order valence-electron chi connectivity index (χ4n) is 7.03. The molecule has 0 amide bonds. The number of aryl methyl sites for hydroxylation is 4. The Morgan fingerprint density at radius 3 is 0.722 bits per heavy atom. The Labute approximate surface area is 320 Å². The van der Waals surface area contributed by atoms with Crippen LogP contribution in [0.4, 0.5) is 34.1 Å². The maximum Gasteiger partial charge on any atom is 0.0467 e. The molecule has 0 saturated carbocycles. The van der Waals surface area contributed by atoms with E-state index in [2.05, 4.69) is 232 Å². The molecule has 2 nitrogen and oxygen atoms in total. The molecule has 0 aromatic heterocycles. The number of nitrogens with zero attached hydrogens (tertiary/aromatic N) is 2. The normalized spacial score (nSPS) is 11.0. The SMILES string of the molecule is Cc1ccc(N(c2ccc(C)cc2)c2cccc(-c3ccc(-c4ccc(-c5cccc(N(c6ccc(C)cc6)c6ccc(C)cc6)c5)cc4)cc3)c2)cc1. The summed E-state index contributed by atoms with van der Waals surface area (Å²) in [5.74, 6) is 0. The van der Waals surface area contributed by atoms with E-state index in [1.165, 1.54) is 55.6 Å². The highest BCUT2D eigenvalue weighted by Crippen LogP contribution is 2.39. The van der Waals surface area contributed by atoms with Crippen LogP contribution in [-0.2, 0) is 0 Å². The molecular weight excluding hydrogens is 653 g/mol. The zero-order valence-corrected chi connectivity index (χ0v) is 31.4. The Hall–Kier alpha value is -6.64. The molecule has 0 N–H and O–H groups in total. The Bertz CT molecular complexity index is 2210. The summed E-state index contributed by atoms with van der Waals surface area (Å²) in [5, 5.41) is 0. The topological polar surface area (TPSA) is 6.48 Å². The minimum atomic E-state index is 1.13. The van der Waals surface area contributed by atoms with Gasteiger partial charge in [0.2, 0.25) is 0 Å². The molecule has 8 rings (SSSR count). The van der Waals surface area contributed by atoms with Gasteiger partial charge in [-0.3, -0.25) is 0 Å². The second-order valence-corrected chi connectivity index (χ2v) is 14.3. The van der Waals surface area contributed by atoms with Gasteiger partial charge in [-0.2, -0.15) is 0 Å². The first kappa shape index (κ1) is 34.4. The first-order valence-electron chi connectivity index (χ1n) is 18.7. The lowest BCUT2D eigenvalue weighted by Gasteiger charge is -2.26. The summed E-state index contributed by atoms with van der Waals surface area (Å²) in [7, 11) is 0. The zero-order valence-electron chi connectivity index (χ0n) is 31.4. The van der Waals surface area contributed by atoms with Crippen molar-refractivity contribution in [2.24, 2.45) is 0 Å². The van der Waals surface area contributed by atoms with Crippen molar-refractivity contribution < 1.29 is 0 Å². The van der Waals surface area contributed by atoms with Crippen molar-refractivity contribution in [3.63, 3.8) is 0 Å². The highest BCUT2D eigenvalue weighted by molar-refractivity contribution is 5.82. The molecular formula is C52H44N2. The summed E-state index contributed by atoms with van der Waals surface area (Å²) in [5.41, 5.74) is 19.0. The molecule has 0 radical (unpaired) electrons. The predicted molar refractivity (Wildman–Crippen MR) is 231 cm³/mol. The molecule has 0 bridgehead atoms. The molecule has 0 saturated heterocycles. The molecule has 8 aromatic carbocycles. The lowest BCUT2D eigenvalue weighted by Crippen LogP contribution is -2.10. The lowest BCUT2D eigenvalue weighted by atomic mass is 9.97. The summed E-state index contributed by atoms with van der Waals surface area (Å²) in [6.45, 7) is 8.52. The van der Waals surface area contributed by atoms with E-state index in [1.54, 1.807) is 0 Å². The van der Waals surface area contributed by atoms with Crippen molar-refractivity contribution in [3.8, 4) is 33.4 Å². The van der Waals surface area contributed by atoms with E-state index in [4.69, 9.17) is 0 Å². The van der Waals surface area contributed by atoms with Gasteiger partial charge in [0.05, 0.1) is 0 Å². The van der Waals surface area contributed by atoms with Gasteiger partial charge >= 0.3 is 0 Å². The van der Waals surface area contributed by atoms with Crippen molar-refractivity contribution >= 4 is 34.1 Å². The van der Waals surface area contributed by atoms with Crippen molar-refractivity contribution in [1.29, 1.82) is 0 Å². The Balaban J connectivity index is 1.05. The summed E-state index contributed by atoms with van der Waals surface area (Å²) in [6.07, 6.45) is 0. The first-order valence-corrected chi connectivity index (χ1v) is 18.7. The Kier molecular flexibility index (Phi) is 9.66. The first-order chi connectivity index (χ1) is 26.4. The molecule has 0 aliphatic heterocycles. The van der Waals surface area contributed by atoms with Crippen LogP contribution in [-0.4, -0.2) is 0 Å². The number of benzene rings is 8. The van der Waals surface area contributed by atoms with Gasteiger partial charge in [-0.05, 0) is 134 Å². The van der Waals surface area contributed by atoms with E-state index in [-0.39, 0.29) is 0 Å². The second kappa shape index (κ2) is 15.1. The molecule has 0 unspecified atom stereocenters. The minimum absolute atomic E-state index is 1.13. The van der Waals surface area contributed by atoms with E-state index in [0.717, 1.165) is 34.1 Å². The molecule has 0 aliphatic carbocycles. The molecule has 0 fully saturated rings. The fourth-order valence-corrected chi connectivity index (χ4v) is 7.03. The third-order valence-electron chi connectivity index (χ3n) is 10.1. The van der Waals surface area contributed by atoms with Crippen molar-refractivity contribution in [1.82, 2.24) is 0 Å². The smallest absolute Gasteiger partial charge is 0.0467 e. The molecule has 8 aromatic rings. The summed E-state index contributed by atoms with van der Waals surface area (Å²) < 4.78 is 0. The molecule has 0 spiro atoms. The van der Waals surface area contributed by atoms with Gasteiger partial charge in [-0.15, -0.1) is 0 Å². The highest BCUT2D eigenvalue weighted by atomic mass is 15.1. The standard InChI is InChI=1S/C52H44N2/c1-37-11-27-47(28-12-37)53(48-29-13-38(2)14-30-48)51-9-5-7-45(35-51)43-23-19-41(20-24-43)42-21-25-44(26-22-42)46-8-6-10-52(36-46)54(49-31-15-39(3)16-32-49)50-33-17-40(4)18-34-50/h5-36H,1-4H3. The Morgan fingerprint density at radius 2 is 0.463 bits per heavy atom. The van der Waals surface area contributed by atoms with Crippen molar-refractivity contribution in [2.75, 3.05) is 9.80 Å². The number of hydrogen-bond acceptors (Lipinski definition) is 2. The number of hydrogen-bond donors (Lipinski definition) is 0. The van der Waals surface area contributed by atoms with Gasteiger partial charge in [0, 0.05) is 34.1 Å². The van der Waals surface area contributed by atoms with Crippen LogP contribution in [0, 0.1) is 27.7 Å².